The highest BCUT2D eigenvalue weighted by Gasteiger charge is 2.42. The molecule has 0 aliphatic carbocycles. The number of nitrogens with zero attached hydrogens (tertiary/aromatic N) is 1. The molecule has 3 nitrogen and oxygen atoms in total. The van der Waals surface area contributed by atoms with Gasteiger partial charge in [-0.3, -0.25) is 9.69 Å². The summed E-state index contributed by atoms with van der Waals surface area (Å²) in [4.78, 5) is 13.6. The zero-order chi connectivity index (χ0) is 11.3. The van der Waals surface area contributed by atoms with Crippen molar-refractivity contribution in [2.24, 2.45) is 5.73 Å². The number of hydrogen-bond acceptors (Lipinski definition) is 2. The van der Waals surface area contributed by atoms with E-state index in [0.717, 1.165) is 25.9 Å². The summed E-state index contributed by atoms with van der Waals surface area (Å²) >= 11 is 0. The third-order valence-corrected chi connectivity index (χ3v) is 2.96. The minimum atomic E-state index is -0.819. The number of carbonyl (C=O) groups is 1. The van der Waals surface area contributed by atoms with Crippen molar-refractivity contribution in [1.82, 2.24) is 4.90 Å². The van der Waals surface area contributed by atoms with E-state index in [1.54, 1.807) is 0 Å². The molecule has 80 valence electrons. The molecule has 2 N–H and O–H groups in total. The maximum atomic E-state index is 11.6. The summed E-state index contributed by atoms with van der Waals surface area (Å²) in [5, 5.41) is 0. The van der Waals surface area contributed by atoms with Crippen LogP contribution in [0.2, 0.25) is 0 Å². The monoisotopic (exact) mass is 204 g/mol. The lowest BCUT2D eigenvalue weighted by Crippen LogP contribution is -2.56. The molecular weight excluding hydrogens is 188 g/mol. The van der Waals surface area contributed by atoms with Gasteiger partial charge < -0.3 is 5.73 Å². The summed E-state index contributed by atoms with van der Waals surface area (Å²) < 4.78 is 0. The van der Waals surface area contributed by atoms with Crippen LogP contribution in [0.5, 0.6) is 0 Å². The number of hydrogen-bond donors (Lipinski definition) is 1. The van der Waals surface area contributed by atoms with Crippen LogP contribution in [0.25, 0.3) is 0 Å². The molecule has 0 spiro atoms. The predicted octanol–water partition coefficient (Wildman–Crippen LogP) is 0.353. The second-order valence-corrected chi connectivity index (χ2v) is 3.85. The van der Waals surface area contributed by atoms with Crippen molar-refractivity contribution in [2.75, 3.05) is 13.1 Å². The van der Waals surface area contributed by atoms with Gasteiger partial charge in [-0.25, -0.2) is 0 Å². The Bertz CT molecular complexity index is 299. The van der Waals surface area contributed by atoms with Gasteiger partial charge in [0, 0.05) is 12.8 Å². The van der Waals surface area contributed by atoms with Crippen molar-refractivity contribution in [3.8, 4) is 24.7 Å². The molecule has 0 atom stereocenters. The maximum Gasteiger partial charge on any atom is 0.239 e. The molecule has 1 rings (SSSR count). The van der Waals surface area contributed by atoms with Crippen LogP contribution in [0.15, 0.2) is 0 Å². The Morgan fingerprint density at radius 1 is 1.27 bits per heavy atom. The Morgan fingerprint density at radius 3 is 2.07 bits per heavy atom. The first kappa shape index (κ1) is 11.6. The van der Waals surface area contributed by atoms with Crippen LogP contribution in [-0.4, -0.2) is 29.4 Å². The van der Waals surface area contributed by atoms with Gasteiger partial charge in [-0.15, -0.1) is 24.7 Å². The number of terminal acetylenes is 2. The Hall–Kier alpha value is -1.45. The van der Waals surface area contributed by atoms with Gasteiger partial charge in [0.15, 0.2) is 0 Å². The Labute approximate surface area is 91.0 Å². The van der Waals surface area contributed by atoms with E-state index < -0.39 is 11.4 Å². The van der Waals surface area contributed by atoms with Crippen molar-refractivity contribution in [3.63, 3.8) is 0 Å². The molecule has 0 saturated carbocycles. The van der Waals surface area contributed by atoms with E-state index in [2.05, 4.69) is 11.8 Å². The summed E-state index contributed by atoms with van der Waals surface area (Å²) in [5.74, 6) is 4.62. The van der Waals surface area contributed by atoms with Gasteiger partial charge in [-0.1, -0.05) is 0 Å². The van der Waals surface area contributed by atoms with Crippen LogP contribution in [-0.2, 0) is 4.79 Å². The summed E-state index contributed by atoms with van der Waals surface area (Å²) in [6.45, 7) is 1.71. The van der Waals surface area contributed by atoms with Gasteiger partial charge in [0.2, 0.25) is 5.91 Å². The molecule has 0 bridgehead atoms. The first-order chi connectivity index (χ1) is 7.17. The SMILES string of the molecule is C#CCC(CC#C)(C(N)=O)N1CCCC1. The number of primary amides is 1. The molecule has 1 saturated heterocycles. The lowest BCUT2D eigenvalue weighted by Gasteiger charge is -2.36. The third-order valence-electron chi connectivity index (χ3n) is 2.96. The lowest BCUT2D eigenvalue weighted by molar-refractivity contribution is -0.129. The van der Waals surface area contributed by atoms with Crippen LogP contribution in [0.4, 0.5) is 0 Å². The number of nitrogens with two attached hydrogens (primary N) is 1. The maximum absolute atomic E-state index is 11.6. The predicted molar refractivity (Wildman–Crippen MR) is 59.6 cm³/mol. The highest BCUT2D eigenvalue weighted by Crippen LogP contribution is 2.27. The highest BCUT2D eigenvalue weighted by molar-refractivity contribution is 5.85. The molecule has 0 aromatic carbocycles. The molecule has 1 aliphatic rings. The summed E-state index contributed by atoms with van der Waals surface area (Å²) in [6, 6.07) is 0. The van der Waals surface area contributed by atoms with Crippen LogP contribution < -0.4 is 5.73 Å². The van der Waals surface area contributed by atoms with E-state index in [0.29, 0.717) is 12.8 Å². The van der Waals surface area contributed by atoms with E-state index in [-0.39, 0.29) is 0 Å². The number of rotatable bonds is 4. The van der Waals surface area contributed by atoms with Gasteiger partial charge in [-0.2, -0.15) is 0 Å². The fourth-order valence-electron chi connectivity index (χ4n) is 2.10. The van der Waals surface area contributed by atoms with Crippen molar-refractivity contribution in [3.05, 3.63) is 0 Å². The van der Waals surface area contributed by atoms with E-state index >= 15 is 0 Å². The molecule has 0 unspecified atom stereocenters. The largest absolute Gasteiger partial charge is 0.368 e. The van der Waals surface area contributed by atoms with Gasteiger partial charge in [0.25, 0.3) is 0 Å². The normalized spacial score (nSPS) is 16.9. The molecule has 1 fully saturated rings. The average Bonchev–Trinajstić information content (AvgIpc) is 2.70. The van der Waals surface area contributed by atoms with Crippen molar-refractivity contribution in [2.45, 2.75) is 31.2 Å². The zero-order valence-corrected chi connectivity index (χ0v) is 8.83. The van der Waals surface area contributed by atoms with Crippen molar-refractivity contribution in [1.29, 1.82) is 0 Å². The first-order valence-corrected chi connectivity index (χ1v) is 5.09. The molecular formula is C12H16N2O. The summed E-state index contributed by atoms with van der Waals surface area (Å²) in [7, 11) is 0. The first-order valence-electron chi connectivity index (χ1n) is 5.09. The van der Waals surface area contributed by atoms with Crippen LogP contribution in [0, 0.1) is 24.7 Å². The minimum Gasteiger partial charge on any atom is -0.368 e. The van der Waals surface area contributed by atoms with Gasteiger partial charge >= 0.3 is 0 Å². The van der Waals surface area contributed by atoms with Gasteiger partial charge in [-0.05, 0) is 25.9 Å². The summed E-state index contributed by atoms with van der Waals surface area (Å²) in [5.41, 5.74) is 4.63. The molecule has 1 aliphatic heterocycles. The van der Waals surface area contributed by atoms with Crippen LogP contribution in [0.3, 0.4) is 0 Å². The van der Waals surface area contributed by atoms with Gasteiger partial charge in [0.1, 0.15) is 5.54 Å². The highest BCUT2D eigenvalue weighted by atomic mass is 16.1. The van der Waals surface area contributed by atoms with Crippen molar-refractivity contribution >= 4 is 5.91 Å². The molecule has 15 heavy (non-hydrogen) atoms. The second-order valence-electron chi connectivity index (χ2n) is 3.85. The number of amides is 1. The fraction of sp³-hybridized carbons (Fsp3) is 0.583. The molecule has 1 heterocycles. The topological polar surface area (TPSA) is 46.3 Å². The molecule has 1 amide bonds. The Balaban J connectivity index is 2.96. The number of likely N-dealkylation sites (tertiary alicyclic amines) is 1. The smallest absolute Gasteiger partial charge is 0.239 e. The van der Waals surface area contributed by atoms with Crippen molar-refractivity contribution < 1.29 is 4.79 Å². The zero-order valence-electron chi connectivity index (χ0n) is 8.83. The molecule has 0 aromatic heterocycles. The van der Waals surface area contributed by atoms with E-state index in [1.165, 1.54) is 0 Å². The van der Waals surface area contributed by atoms with E-state index in [9.17, 15) is 4.79 Å². The summed E-state index contributed by atoms with van der Waals surface area (Å²) in [6.07, 6.45) is 13.3. The van der Waals surface area contributed by atoms with Gasteiger partial charge in [0.05, 0.1) is 0 Å². The van der Waals surface area contributed by atoms with E-state index in [1.807, 2.05) is 4.90 Å². The second kappa shape index (κ2) is 4.87. The van der Waals surface area contributed by atoms with Crippen LogP contribution >= 0.6 is 0 Å². The molecule has 0 aromatic rings. The standard InChI is InChI=1S/C12H16N2O/c1-3-7-12(8-4-2,11(13)15)14-9-5-6-10-14/h1-2H,5-10H2,(H2,13,15). The van der Waals surface area contributed by atoms with Crippen LogP contribution in [0.1, 0.15) is 25.7 Å². The average molecular weight is 204 g/mol. The minimum absolute atomic E-state index is 0.298. The molecule has 3 heteroatoms. The Morgan fingerprint density at radius 2 is 1.73 bits per heavy atom. The van der Waals surface area contributed by atoms with E-state index in [4.69, 9.17) is 18.6 Å². The third kappa shape index (κ3) is 2.14. The lowest BCUT2D eigenvalue weighted by atomic mass is 9.89. The number of carbonyl (C=O) groups excluding carboxylic acids is 1. The quantitative estimate of drug-likeness (QED) is 0.672. The molecule has 0 radical (unpaired) electrons. The Kier molecular flexibility index (Phi) is 3.77. The fourth-order valence-corrected chi connectivity index (χ4v) is 2.10.